The van der Waals surface area contributed by atoms with Crippen LogP contribution in [-0.4, -0.2) is 0 Å². The van der Waals surface area contributed by atoms with E-state index in [4.69, 9.17) is 17.3 Å². The first-order valence-corrected chi connectivity index (χ1v) is 6.11. The molecule has 0 aliphatic carbocycles. The first-order chi connectivity index (χ1) is 8.47. The Kier molecular flexibility index (Phi) is 3.73. The van der Waals surface area contributed by atoms with Gasteiger partial charge in [-0.2, -0.15) is 0 Å². The predicted octanol–water partition coefficient (Wildman–Crippen LogP) is 4.71. The zero-order valence-electron chi connectivity index (χ0n) is 8.98. The molecule has 18 heavy (non-hydrogen) atoms. The Labute approximate surface area is 116 Å². The van der Waals surface area contributed by atoms with Crippen LogP contribution in [0.5, 0.6) is 0 Å². The third kappa shape index (κ3) is 2.73. The second-order valence-electron chi connectivity index (χ2n) is 3.60. The van der Waals surface area contributed by atoms with Crippen LogP contribution in [0.4, 0.5) is 25.8 Å². The summed E-state index contributed by atoms with van der Waals surface area (Å²) in [5.74, 6) is -0.883. The molecule has 0 radical (unpaired) electrons. The van der Waals surface area contributed by atoms with Gasteiger partial charge in [0.05, 0.1) is 22.1 Å². The van der Waals surface area contributed by atoms with E-state index in [1.807, 2.05) is 0 Å². The minimum absolute atomic E-state index is 0.200. The van der Waals surface area contributed by atoms with Crippen molar-refractivity contribution in [1.29, 1.82) is 0 Å². The molecule has 0 aromatic heterocycles. The maximum atomic E-state index is 13.1. The van der Waals surface area contributed by atoms with Crippen LogP contribution < -0.4 is 11.1 Å². The van der Waals surface area contributed by atoms with Crippen LogP contribution >= 0.6 is 27.5 Å². The van der Waals surface area contributed by atoms with Crippen molar-refractivity contribution in [3.8, 4) is 0 Å². The molecule has 0 fully saturated rings. The normalized spacial score (nSPS) is 10.4. The number of anilines is 3. The number of nitrogens with two attached hydrogens (primary N) is 1. The highest BCUT2D eigenvalue weighted by atomic mass is 79.9. The van der Waals surface area contributed by atoms with Gasteiger partial charge in [0.1, 0.15) is 11.6 Å². The molecule has 0 saturated heterocycles. The van der Waals surface area contributed by atoms with Crippen molar-refractivity contribution in [3.05, 3.63) is 51.5 Å². The molecule has 3 N–H and O–H groups in total. The first kappa shape index (κ1) is 13.1. The largest absolute Gasteiger partial charge is 0.397 e. The van der Waals surface area contributed by atoms with Gasteiger partial charge in [-0.15, -0.1) is 0 Å². The second-order valence-corrected chi connectivity index (χ2v) is 4.86. The van der Waals surface area contributed by atoms with E-state index in [0.717, 1.165) is 0 Å². The number of hydrogen-bond acceptors (Lipinski definition) is 2. The Morgan fingerprint density at radius 2 is 1.83 bits per heavy atom. The van der Waals surface area contributed by atoms with Crippen molar-refractivity contribution < 1.29 is 8.78 Å². The van der Waals surface area contributed by atoms with E-state index in [-0.39, 0.29) is 10.7 Å². The van der Waals surface area contributed by atoms with Gasteiger partial charge in [-0.25, -0.2) is 8.78 Å². The number of nitrogens with one attached hydrogen (secondary N) is 1. The third-order valence-electron chi connectivity index (χ3n) is 2.28. The summed E-state index contributed by atoms with van der Waals surface area (Å²) >= 11 is 9.11. The molecule has 0 bridgehead atoms. The lowest BCUT2D eigenvalue weighted by molar-refractivity contribution is 0.627. The zero-order valence-corrected chi connectivity index (χ0v) is 11.3. The molecule has 0 amide bonds. The first-order valence-electron chi connectivity index (χ1n) is 4.94. The summed E-state index contributed by atoms with van der Waals surface area (Å²) in [6.07, 6.45) is 0. The van der Waals surface area contributed by atoms with Crippen LogP contribution in [0.15, 0.2) is 34.8 Å². The monoisotopic (exact) mass is 332 g/mol. The lowest BCUT2D eigenvalue weighted by atomic mass is 10.2. The van der Waals surface area contributed by atoms with Gasteiger partial charge < -0.3 is 11.1 Å². The molecule has 6 heteroatoms. The minimum atomic E-state index is -0.454. The minimum Gasteiger partial charge on any atom is -0.397 e. The van der Waals surface area contributed by atoms with Crippen LogP contribution in [0.2, 0.25) is 5.02 Å². The Hall–Kier alpha value is -1.33. The SMILES string of the molecule is Nc1cc(F)ccc1Nc1c(Cl)cc(F)cc1Br. The molecular weight excluding hydrogens is 325 g/mol. The Bertz CT molecular complexity index is 582. The highest BCUT2D eigenvalue weighted by molar-refractivity contribution is 9.10. The average molecular weight is 334 g/mol. The number of rotatable bonds is 2. The summed E-state index contributed by atoms with van der Waals surface area (Å²) in [5.41, 5.74) is 6.86. The fourth-order valence-electron chi connectivity index (χ4n) is 1.44. The maximum Gasteiger partial charge on any atom is 0.125 e. The molecule has 0 aliphatic heterocycles. The fourth-order valence-corrected chi connectivity index (χ4v) is 2.34. The Balaban J connectivity index is 2.40. The van der Waals surface area contributed by atoms with Gasteiger partial charge in [-0.05, 0) is 46.3 Å². The lowest BCUT2D eigenvalue weighted by Crippen LogP contribution is -1.98. The van der Waals surface area contributed by atoms with Gasteiger partial charge >= 0.3 is 0 Å². The van der Waals surface area contributed by atoms with Gasteiger partial charge in [0, 0.05) is 4.47 Å². The topological polar surface area (TPSA) is 38.0 Å². The van der Waals surface area contributed by atoms with Gasteiger partial charge in [0.15, 0.2) is 0 Å². The van der Waals surface area contributed by atoms with Crippen LogP contribution in [0.3, 0.4) is 0 Å². The molecule has 94 valence electrons. The Morgan fingerprint density at radius 3 is 2.44 bits per heavy atom. The highest BCUT2D eigenvalue weighted by Gasteiger charge is 2.10. The number of nitrogen functional groups attached to an aromatic ring is 1. The fraction of sp³-hybridized carbons (Fsp3) is 0. The summed E-state index contributed by atoms with van der Waals surface area (Å²) in [4.78, 5) is 0. The summed E-state index contributed by atoms with van der Waals surface area (Å²) in [7, 11) is 0. The van der Waals surface area contributed by atoms with Crippen LogP contribution in [0.1, 0.15) is 0 Å². The molecule has 2 rings (SSSR count). The summed E-state index contributed by atoms with van der Waals surface area (Å²) in [6.45, 7) is 0. The van der Waals surface area contributed by atoms with E-state index < -0.39 is 11.6 Å². The van der Waals surface area contributed by atoms with E-state index >= 15 is 0 Å². The maximum absolute atomic E-state index is 13.1. The standard InChI is InChI=1S/C12H8BrClF2N2/c13-8-3-7(16)4-9(14)12(8)18-11-2-1-6(15)5-10(11)17/h1-5,18H,17H2. The Morgan fingerprint density at radius 1 is 1.11 bits per heavy atom. The van der Waals surface area contributed by atoms with E-state index in [9.17, 15) is 8.78 Å². The van der Waals surface area contributed by atoms with Crippen molar-refractivity contribution in [1.82, 2.24) is 0 Å². The predicted molar refractivity (Wildman–Crippen MR) is 73.2 cm³/mol. The smallest absolute Gasteiger partial charge is 0.125 e. The summed E-state index contributed by atoms with van der Waals surface area (Å²) in [5, 5.41) is 3.13. The van der Waals surface area contributed by atoms with Crippen LogP contribution in [0, 0.1) is 11.6 Å². The quantitative estimate of drug-likeness (QED) is 0.781. The number of halogens is 4. The average Bonchev–Trinajstić information content (AvgIpc) is 2.25. The highest BCUT2D eigenvalue weighted by Crippen LogP contribution is 2.35. The molecule has 0 atom stereocenters. The van der Waals surface area contributed by atoms with Gasteiger partial charge in [0.25, 0.3) is 0 Å². The summed E-state index contributed by atoms with van der Waals surface area (Å²) in [6, 6.07) is 6.39. The van der Waals surface area contributed by atoms with E-state index in [1.165, 1.54) is 30.3 Å². The van der Waals surface area contributed by atoms with Gasteiger partial charge in [-0.3, -0.25) is 0 Å². The summed E-state index contributed by atoms with van der Waals surface area (Å²) < 4.78 is 26.4. The molecule has 2 aromatic rings. The van der Waals surface area contributed by atoms with E-state index in [2.05, 4.69) is 21.2 Å². The van der Waals surface area contributed by atoms with E-state index in [1.54, 1.807) is 0 Å². The molecule has 0 aliphatic rings. The van der Waals surface area contributed by atoms with Crippen molar-refractivity contribution >= 4 is 44.6 Å². The molecule has 2 nitrogen and oxygen atoms in total. The van der Waals surface area contributed by atoms with Gasteiger partial charge in [-0.1, -0.05) is 11.6 Å². The molecule has 0 saturated carbocycles. The van der Waals surface area contributed by atoms with E-state index in [0.29, 0.717) is 15.8 Å². The van der Waals surface area contributed by atoms with Crippen LogP contribution in [0.25, 0.3) is 0 Å². The number of benzene rings is 2. The molecule has 0 unspecified atom stereocenters. The zero-order chi connectivity index (χ0) is 13.3. The van der Waals surface area contributed by atoms with Crippen molar-refractivity contribution in [2.24, 2.45) is 0 Å². The van der Waals surface area contributed by atoms with Crippen molar-refractivity contribution in [3.63, 3.8) is 0 Å². The van der Waals surface area contributed by atoms with Crippen LogP contribution in [-0.2, 0) is 0 Å². The lowest BCUT2D eigenvalue weighted by Gasteiger charge is -2.12. The van der Waals surface area contributed by atoms with Gasteiger partial charge in [0.2, 0.25) is 0 Å². The molecular formula is C12H8BrClF2N2. The molecule has 0 heterocycles. The number of hydrogen-bond donors (Lipinski definition) is 2. The molecule has 2 aromatic carbocycles. The second kappa shape index (κ2) is 5.12. The third-order valence-corrected chi connectivity index (χ3v) is 3.20. The van der Waals surface area contributed by atoms with Crippen molar-refractivity contribution in [2.45, 2.75) is 0 Å². The molecule has 0 spiro atoms. The van der Waals surface area contributed by atoms with Crippen molar-refractivity contribution in [2.75, 3.05) is 11.1 Å².